The molecule has 0 aromatic heterocycles. The molecule has 1 N–H and O–H groups in total. The lowest BCUT2D eigenvalue weighted by atomic mass is 10.1. The molecule has 1 fully saturated rings. The van der Waals surface area contributed by atoms with Crippen LogP contribution >= 0.6 is 0 Å². The Balaban J connectivity index is 1.51. The number of carbonyl (C=O) groups is 1. The van der Waals surface area contributed by atoms with Crippen molar-refractivity contribution in [3.63, 3.8) is 0 Å². The van der Waals surface area contributed by atoms with Crippen molar-refractivity contribution in [2.75, 3.05) is 32.8 Å². The Morgan fingerprint density at radius 2 is 2.09 bits per heavy atom. The third-order valence-electron chi connectivity index (χ3n) is 4.30. The summed E-state index contributed by atoms with van der Waals surface area (Å²) in [5, 5.41) is 3.04. The minimum absolute atomic E-state index is 0.0113. The van der Waals surface area contributed by atoms with Crippen LogP contribution in [0.15, 0.2) is 29.8 Å². The normalized spacial score (nSPS) is 19.0. The van der Waals surface area contributed by atoms with E-state index in [9.17, 15) is 4.79 Å². The zero-order valence-corrected chi connectivity index (χ0v) is 13.2. The lowest BCUT2D eigenvalue weighted by Gasteiger charge is -2.21. The van der Waals surface area contributed by atoms with Gasteiger partial charge in [-0.05, 0) is 44.0 Å². The Morgan fingerprint density at radius 3 is 2.91 bits per heavy atom. The predicted octanol–water partition coefficient (Wildman–Crippen LogP) is 2.31. The lowest BCUT2D eigenvalue weighted by molar-refractivity contribution is -0.118. The minimum atomic E-state index is -0.0113. The monoisotopic (exact) mass is 300 g/mol. The summed E-state index contributed by atoms with van der Waals surface area (Å²) in [6.07, 6.45) is 4.55. The number of ether oxygens (including phenoxy) is 1. The maximum Gasteiger partial charge on any atom is 0.250 e. The van der Waals surface area contributed by atoms with Gasteiger partial charge in [-0.2, -0.15) is 0 Å². The second-order valence-electron chi connectivity index (χ2n) is 6.32. The SMILES string of the molecule is CC(CNC(=O)C1=Cc2ccccc2OC1)CN1CCCC1. The second kappa shape index (κ2) is 6.97. The number of benzene rings is 1. The second-order valence-corrected chi connectivity index (χ2v) is 6.32. The summed E-state index contributed by atoms with van der Waals surface area (Å²) >= 11 is 0. The highest BCUT2D eigenvalue weighted by Gasteiger charge is 2.18. The largest absolute Gasteiger partial charge is 0.488 e. The van der Waals surface area contributed by atoms with Crippen LogP contribution in [0.3, 0.4) is 0 Å². The van der Waals surface area contributed by atoms with Gasteiger partial charge in [0.05, 0.1) is 5.57 Å². The van der Waals surface area contributed by atoms with Crippen LogP contribution in [-0.4, -0.2) is 43.6 Å². The Bertz CT molecular complexity index is 562. The lowest BCUT2D eigenvalue weighted by Crippen LogP contribution is -2.36. The molecule has 118 valence electrons. The molecule has 1 saturated heterocycles. The van der Waals surface area contributed by atoms with Gasteiger partial charge < -0.3 is 15.0 Å². The van der Waals surface area contributed by atoms with Crippen LogP contribution < -0.4 is 10.1 Å². The van der Waals surface area contributed by atoms with Gasteiger partial charge in [0.1, 0.15) is 12.4 Å². The highest BCUT2D eigenvalue weighted by Crippen LogP contribution is 2.25. The van der Waals surface area contributed by atoms with Crippen LogP contribution in [0.5, 0.6) is 5.75 Å². The predicted molar refractivity (Wildman–Crippen MR) is 87.8 cm³/mol. The van der Waals surface area contributed by atoms with Crippen molar-refractivity contribution < 1.29 is 9.53 Å². The number of likely N-dealkylation sites (tertiary alicyclic amines) is 1. The molecule has 2 aliphatic rings. The molecule has 4 nitrogen and oxygen atoms in total. The van der Waals surface area contributed by atoms with E-state index in [0.717, 1.165) is 17.9 Å². The van der Waals surface area contributed by atoms with E-state index in [0.29, 0.717) is 24.6 Å². The zero-order valence-electron chi connectivity index (χ0n) is 13.2. The van der Waals surface area contributed by atoms with E-state index >= 15 is 0 Å². The van der Waals surface area contributed by atoms with Gasteiger partial charge in [0.15, 0.2) is 0 Å². The molecule has 1 amide bonds. The molecule has 1 unspecified atom stereocenters. The molecule has 0 spiro atoms. The first-order valence-electron chi connectivity index (χ1n) is 8.15. The Labute approximate surface area is 132 Å². The Morgan fingerprint density at radius 1 is 1.32 bits per heavy atom. The fourth-order valence-electron chi connectivity index (χ4n) is 3.10. The maximum atomic E-state index is 12.3. The number of fused-ring (bicyclic) bond motifs is 1. The van der Waals surface area contributed by atoms with Gasteiger partial charge in [-0.1, -0.05) is 25.1 Å². The number of hydrogen-bond acceptors (Lipinski definition) is 3. The molecule has 0 aliphatic carbocycles. The molecule has 1 aromatic rings. The summed E-state index contributed by atoms with van der Waals surface area (Å²) in [7, 11) is 0. The van der Waals surface area contributed by atoms with Crippen LogP contribution in [0.4, 0.5) is 0 Å². The number of nitrogens with one attached hydrogen (secondary N) is 1. The quantitative estimate of drug-likeness (QED) is 0.907. The third-order valence-corrected chi connectivity index (χ3v) is 4.30. The standard InChI is InChI=1S/C18H24N2O2/c1-14(12-20-8-4-5-9-20)11-19-18(21)16-10-15-6-2-3-7-17(15)22-13-16/h2-3,6-7,10,14H,4-5,8-9,11-13H2,1H3,(H,19,21). The number of amides is 1. The number of para-hydroxylation sites is 1. The van der Waals surface area contributed by atoms with E-state index in [1.54, 1.807) is 0 Å². The van der Waals surface area contributed by atoms with Crippen LogP contribution in [0, 0.1) is 5.92 Å². The van der Waals surface area contributed by atoms with Crippen molar-refractivity contribution in [1.29, 1.82) is 0 Å². The molecule has 1 atom stereocenters. The number of nitrogens with zero attached hydrogens (tertiary/aromatic N) is 1. The summed E-state index contributed by atoms with van der Waals surface area (Å²) in [5.41, 5.74) is 1.68. The number of hydrogen-bond donors (Lipinski definition) is 1. The van der Waals surface area contributed by atoms with E-state index in [4.69, 9.17) is 4.74 Å². The van der Waals surface area contributed by atoms with Gasteiger partial charge in [0.25, 0.3) is 5.91 Å². The molecule has 2 aliphatic heterocycles. The highest BCUT2D eigenvalue weighted by atomic mass is 16.5. The molecule has 0 radical (unpaired) electrons. The molecule has 4 heteroatoms. The zero-order chi connectivity index (χ0) is 15.4. The molecule has 22 heavy (non-hydrogen) atoms. The summed E-state index contributed by atoms with van der Waals surface area (Å²) in [4.78, 5) is 14.8. The molecule has 0 bridgehead atoms. The first kappa shape index (κ1) is 15.1. The van der Waals surface area contributed by atoms with Crippen LogP contribution in [0.1, 0.15) is 25.3 Å². The first-order chi connectivity index (χ1) is 10.7. The fourth-order valence-corrected chi connectivity index (χ4v) is 3.10. The van der Waals surface area contributed by atoms with Crippen molar-refractivity contribution in [2.24, 2.45) is 5.92 Å². The highest BCUT2D eigenvalue weighted by molar-refractivity contribution is 5.99. The van der Waals surface area contributed by atoms with Gasteiger partial charge in [-0.15, -0.1) is 0 Å². The van der Waals surface area contributed by atoms with Crippen LogP contribution in [0.2, 0.25) is 0 Å². The summed E-state index contributed by atoms with van der Waals surface area (Å²) in [6, 6.07) is 7.80. The summed E-state index contributed by atoms with van der Waals surface area (Å²) < 4.78 is 5.63. The van der Waals surface area contributed by atoms with Gasteiger partial charge >= 0.3 is 0 Å². The average Bonchev–Trinajstić information content (AvgIpc) is 3.05. The minimum Gasteiger partial charge on any atom is -0.488 e. The third kappa shape index (κ3) is 3.69. The van der Waals surface area contributed by atoms with Gasteiger partial charge in [0.2, 0.25) is 0 Å². The molecule has 0 saturated carbocycles. The fraction of sp³-hybridized carbons (Fsp3) is 0.500. The Hall–Kier alpha value is -1.81. The van der Waals surface area contributed by atoms with E-state index < -0.39 is 0 Å². The first-order valence-corrected chi connectivity index (χ1v) is 8.15. The topological polar surface area (TPSA) is 41.6 Å². The van der Waals surface area contributed by atoms with E-state index in [1.807, 2.05) is 30.3 Å². The Kier molecular flexibility index (Phi) is 4.78. The van der Waals surface area contributed by atoms with Crippen molar-refractivity contribution in [1.82, 2.24) is 10.2 Å². The molecular formula is C18H24N2O2. The molecular weight excluding hydrogens is 276 g/mol. The van der Waals surface area contributed by atoms with Gasteiger partial charge in [0, 0.05) is 18.7 Å². The van der Waals surface area contributed by atoms with Crippen molar-refractivity contribution in [2.45, 2.75) is 19.8 Å². The van der Waals surface area contributed by atoms with Crippen molar-refractivity contribution in [3.05, 3.63) is 35.4 Å². The summed E-state index contributed by atoms with van der Waals surface area (Å²) in [5.74, 6) is 1.31. The number of carbonyl (C=O) groups excluding carboxylic acids is 1. The number of rotatable bonds is 5. The molecule has 2 heterocycles. The average molecular weight is 300 g/mol. The molecule has 1 aromatic carbocycles. The van der Waals surface area contributed by atoms with Crippen molar-refractivity contribution in [3.8, 4) is 5.75 Å². The van der Waals surface area contributed by atoms with E-state index in [2.05, 4.69) is 17.1 Å². The smallest absolute Gasteiger partial charge is 0.250 e. The van der Waals surface area contributed by atoms with Gasteiger partial charge in [-0.25, -0.2) is 0 Å². The van der Waals surface area contributed by atoms with Gasteiger partial charge in [-0.3, -0.25) is 4.79 Å². The van der Waals surface area contributed by atoms with E-state index in [-0.39, 0.29) is 5.91 Å². The van der Waals surface area contributed by atoms with E-state index in [1.165, 1.54) is 25.9 Å². The maximum absolute atomic E-state index is 12.3. The molecule has 3 rings (SSSR count). The van der Waals surface area contributed by atoms with Crippen molar-refractivity contribution >= 4 is 12.0 Å². The van der Waals surface area contributed by atoms with Crippen LogP contribution in [-0.2, 0) is 4.79 Å². The summed E-state index contributed by atoms with van der Waals surface area (Å²) in [6.45, 7) is 6.73. The van der Waals surface area contributed by atoms with Crippen LogP contribution in [0.25, 0.3) is 6.08 Å².